The summed E-state index contributed by atoms with van der Waals surface area (Å²) in [6.45, 7) is 2.64. The van der Waals surface area contributed by atoms with Gasteiger partial charge in [0, 0.05) is 37.8 Å². The van der Waals surface area contributed by atoms with Crippen molar-refractivity contribution in [2.45, 2.75) is 25.4 Å². The lowest BCUT2D eigenvalue weighted by molar-refractivity contribution is -0.383. The highest BCUT2D eigenvalue weighted by Gasteiger charge is 2.25. The lowest BCUT2D eigenvalue weighted by Crippen LogP contribution is -2.44. The molecule has 1 heterocycles. The van der Waals surface area contributed by atoms with Gasteiger partial charge in [0.05, 0.1) is 17.6 Å². The molecule has 0 radical (unpaired) electrons. The largest absolute Gasteiger partial charge is 0.496 e. The molecule has 0 bridgehead atoms. The van der Waals surface area contributed by atoms with E-state index in [1.807, 2.05) is 23.1 Å². The number of nitrogens with one attached hydrogen (secondary N) is 1. The summed E-state index contributed by atoms with van der Waals surface area (Å²) in [5, 5.41) is 14.1. The highest BCUT2D eigenvalue weighted by molar-refractivity contribution is 14.1. The van der Waals surface area contributed by atoms with Crippen molar-refractivity contribution in [3.05, 3.63) is 63.7 Å². The van der Waals surface area contributed by atoms with Gasteiger partial charge in [-0.25, -0.2) is 0 Å². The van der Waals surface area contributed by atoms with Crippen LogP contribution in [0.15, 0.2) is 42.5 Å². The Bertz CT molecular complexity index is 856. The van der Waals surface area contributed by atoms with Crippen molar-refractivity contribution in [2.75, 3.05) is 30.9 Å². The summed E-state index contributed by atoms with van der Waals surface area (Å²) in [6.07, 6.45) is 1.63. The van der Waals surface area contributed by atoms with Crippen LogP contribution >= 0.6 is 22.6 Å². The fourth-order valence-corrected chi connectivity index (χ4v) is 3.43. The highest BCUT2D eigenvalue weighted by Crippen LogP contribution is 2.30. The molecule has 1 saturated heterocycles. The molecule has 0 unspecified atom stereocenters. The van der Waals surface area contributed by atoms with Gasteiger partial charge in [-0.1, -0.05) is 52.9 Å². The van der Waals surface area contributed by atoms with Crippen molar-refractivity contribution in [2.24, 2.45) is 0 Å². The van der Waals surface area contributed by atoms with Crippen LogP contribution in [0.5, 0.6) is 5.75 Å². The molecule has 0 atom stereocenters. The molecule has 9 heteroatoms. The molecule has 2 aromatic carbocycles. The Morgan fingerprint density at radius 3 is 2.47 bits per heavy atom. The second kappa shape index (κ2) is 11.7. The minimum atomic E-state index is -0.604. The van der Waals surface area contributed by atoms with Gasteiger partial charge >= 0.3 is 0 Å². The SMILES string of the molecule is CI.COc1cc(N)c([N+](=O)[O-])cc1C(=O)NC1CCN(Cc2ccccc2)CC1. The van der Waals surface area contributed by atoms with E-state index in [4.69, 9.17) is 10.5 Å². The number of rotatable bonds is 6. The Morgan fingerprint density at radius 2 is 1.90 bits per heavy atom. The van der Waals surface area contributed by atoms with Gasteiger partial charge in [0.1, 0.15) is 11.4 Å². The van der Waals surface area contributed by atoms with Crippen LogP contribution in [0.3, 0.4) is 0 Å². The number of hydrogen-bond acceptors (Lipinski definition) is 6. The smallest absolute Gasteiger partial charge is 0.293 e. The first-order valence-corrected chi connectivity index (χ1v) is 11.7. The molecule has 1 amide bonds. The van der Waals surface area contributed by atoms with Gasteiger partial charge in [-0.15, -0.1) is 0 Å². The molecule has 3 N–H and O–H groups in total. The van der Waals surface area contributed by atoms with E-state index >= 15 is 0 Å². The highest BCUT2D eigenvalue weighted by atomic mass is 127. The zero-order valence-corrected chi connectivity index (χ0v) is 19.3. The number of ether oxygens (including phenoxy) is 1. The normalized spacial score (nSPS) is 14.4. The number of amides is 1. The van der Waals surface area contributed by atoms with E-state index in [0.717, 1.165) is 32.5 Å². The van der Waals surface area contributed by atoms with Gasteiger partial charge < -0.3 is 15.8 Å². The maximum atomic E-state index is 12.7. The quantitative estimate of drug-likeness (QED) is 0.196. The number of anilines is 1. The Labute approximate surface area is 190 Å². The number of likely N-dealkylation sites (tertiary alicyclic amines) is 1. The zero-order chi connectivity index (χ0) is 22.1. The van der Waals surface area contributed by atoms with E-state index in [0.29, 0.717) is 0 Å². The zero-order valence-electron chi connectivity index (χ0n) is 17.1. The number of halogens is 1. The predicted octanol–water partition coefficient (Wildman–Crippen LogP) is 3.63. The first-order valence-electron chi connectivity index (χ1n) is 9.54. The fraction of sp³-hybridized carbons (Fsp3) is 0.381. The Morgan fingerprint density at radius 1 is 1.27 bits per heavy atom. The van der Waals surface area contributed by atoms with Gasteiger partial charge in [-0.3, -0.25) is 19.8 Å². The third kappa shape index (κ3) is 6.30. The molecule has 8 nitrogen and oxygen atoms in total. The van der Waals surface area contributed by atoms with E-state index in [2.05, 4.69) is 44.9 Å². The number of alkyl halides is 1. The summed E-state index contributed by atoms with van der Waals surface area (Å²) in [5.41, 5.74) is 6.72. The van der Waals surface area contributed by atoms with Crippen molar-refractivity contribution in [3.8, 4) is 5.75 Å². The topological polar surface area (TPSA) is 111 Å². The second-order valence-electron chi connectivity index (χ2n) is 6.88. The van der Waals surface area contributed by atoms with Crippen molar-refractivity contribution in [1.29, 1.82) is 0 Å². The molecular formula is C21H27IN4O4. The molecule has 1 aliphatic rings. The number of nitro groups is 1. The number of benzene rings is 2. The molecule has 0 aromatic heterocycles. The first-order chi connectivity index (χ1) is 14.5. The average molecular weight is 526 g/mol. The summed E-state index contributed by atoms with van der Waals surface area (Å²) < 4.78 is 5.18. The lowest BCUT2D eigenvalue weighted by Gasteiger charge is -2.32. The summed E-state index contributed by atoms with van der Waals surface area (Å²) in [7, 11) is 1.40. The summed E-state index contributed by atoms with van der Waals surface area (Å²) in [4.78, 5) is 27.5. The molecule has 30 heavy (non-hydrogen) atoms. The molecule has 1 fully saturated rings. The number of hydrogen-bond donors (Lipinski definition) is 2. The monoisotopic (exact) mass is 526 g/mol. The van der Waals surface area contributed by atoms with E-state index in [1.165, 1.54) is 24.8 Å². The third-order valence-corrected chi connectivity index (χ3v) is 4.96. The van der Waals surface area contributed by atoms with Crippen LogP contribution in [0, 0.1) is 10.1 Å². The van der Waals surface area contributed by atoms with Gasteiger partial charge in [-0.05, 0) is 23.3 Å². The fourth-order valence-electron chi connectivity index (χ4n) is 3.43. The molecular weight excluding hydrogens is 499 g/mol. The molecule has 1 aliphatic heterocycles. The predicted molar refractivity (Wildman–Crippen MR) is 126 cm³/mol. The minimum Gasteiger partial charge on any atom is -0.496 e. The van der Waals surface area contributed by atoms with Crippen LogP contribution in [-0.2, 0) is 6.54 Å². The first kappa shape index (κ1) is 23.9. The van der Waals surface area contributed by atoms with Gasteiger partial charge in [0.25, 0.3) is 11.6 Å². The Balaban J connectivity index is 0.00000155. The second-order valence-corrected chi connectivity index (χ2v) is 6.88. The lowest BCUT2D eigenvalue weighted by atomic mass is 10.0. The van der Waals surface area contributed by atoms with Crippen LogP contribution in [-0.4, -0.2) is 46.9 Å². The van der Waals surface area contributed by atoms with E-state index in [-0.39, 0.29) is 34.6 Å². The van der Waals surface area contributed by atoms with Crippen LogP contribution in [0.4, 0.5) is 11.4 Å². The molecule has 3 rings (SSSR count). The Kier molecular flexibility index (Phi) is 9.31. The van der Waals surface area contributed by atoms with Gasteiger partial charge in [0.2, 0.25) is 0 Å². The minimum absolute atomic E-state index is 0.0147. The Hall–Kier alpha value is -2.40. The summed E-state index contributed by atoms with van der Waals surface area (Å²) in [5.74, 6) is -0.163. The number of nitrogens with two attached hydrogens (primary N) is 1. The maximum absolute atomic E-state index is 12.7. The number of nitrogens with zero attached hydrogens (tertiary/aromatic N) is 2. The molecule has 0 spiro atoms. The standard InChI is InChI=1S/C20H24N4O4.CH3I/c1-28-19-12-17(21)18(24(26)27)11-16(19)20(25)22-15-7-9-23(10-8-15)13-14-5-3-2-4-6-14;1-2/h2-6,11-12,15H,7-10,13,21H2,1H3,(H,22,25);1H3. The molecule has 0 aliphatic carbocycles. The van der Waals surface area contributed by atoms with Crippen molar-refractivity contribution < 1.29 is 14.5 Å². The molecule has 0 saturated carbocycles. The number of piperidine rings is 1. The van der Waals surface area contributed by atoms with Crippen LogP contribution in [0.25, 0.3) is 0 Å². The van der Waals surface area contributed by atoms with E-state index in [1.54, 1.807) is 0 Å². The van der Waals surface area contributed by atoms with E-state index in [9.17, 15) is 14.9 Å². The van der Waals surface area contributed by atoms with Crippen molar-refractivity contribution in [3.63, 3.8) is 0 Å². The average Bonchev–Trinajstić information content (AvgIpc) is 2.76. The number of methoxy groups -OCH3 is 1. The maximum Gasteiger partial charge on any atom is 0.293 e. The van der Waals surface area contributed by atoms with Crippen molar-refractivity contribution in [1.82, 2.24) is 10.2 Å². The van der Waals surface area contributed by atoms with Crippen LogP contribution in [0.1, 0.15) is 28.8 Å². The van der Waals surface area contributed by atoms with Crippen LogP contribution < -0.4 is 15.8 Å². The number of nitrogen functional groups attached to an aromatic ring is 1. The molecule has 2 aromatic rings. The third-order valence-electron chi connectivity index (χ3n) is 4.96. The van der Waals surface area contributed by atoms with Crippen molar-refractivity contribution >= 4 is 39.9 Å². The number of carbonyl (C=O) groups is 1. The van der Waals surface area contributed by atoms with Crippen LogP contribution in [0.2, 0.25) is 0 Å². The number of carbonyl (C=O) groups excluding carboxylic acids is 1. The van der Waals surface area contributed by atoms with Gasteiger partial charge in [-0.2, -0.15) is 0 Å². The molecule has 162 valence electrons. The number of nitro benzene ring substituents is 1. The summed E-state index contributed by atoms with van der Waals surface area (Å²) in [6, 6.07) is 12.8. The van der Waals surface area contributed by atoms with E-state index < -0.39 is 4.92 Å². The summed E-state index contributed by atoms with van der Waals surface area (Å²) >= 11 is 2.15. The van der Waals surface area contributed by atoms with Gasteiger partial charge in [0.15, 0.2) is 0 Å².